The molecule has 7 heteroatoms. The molecule has 1 fully saturated rings. The van der Waals surface area contributed by atoms with Crippen LogP contribution in [0.4, 0.5) is 10.5 Å². The van der Waals surface area contributed by atoms with Crippen molar-refractivity contribution in [1.82, 2.24) is 9.80 Å². The van der Waals surface area contributed by atoms with E-state index >= 15 is 0 Å². The molecule has 0 spiro atoms. The number of carbonyl (C=O) groups is 2. The van der Waals surface area contributed by atoms with E-state index in [-0.39, 0.29) is 17.6 Å². The number of hydrogen-bond donors (Lipinski definition) is 2. The molecule has 1 atom stereocenters. The van der Waals surface area contributed by atoms with Gasteiger partial charge in [0.1, 0.15) is 0 Å². The number of nitrogens with one attached hydrogen (secondary N) is 1. The van der Waals surface area contributed by atoms with Gasteiger partial charge in [-0.3, -0.25) is 0 Å². The Morgan fingerprint density at radius 2 is 2.10 bits per heavy atom. The first-order valence-corrected chi connectivity index (χ1v) is 7.47. The molecular weight excluding hydrogens is 338 g/mol. The summed E-state index contributed by atoms with van der Waals surface area (Å²) in [6.07, 6.45) is 0. The lowest BCUT2D eigenvalue weighted by molar-refractivity contribution is 0.0698. The summed E-state index contributed by atoms with van der Waals surface area (Å²) in [5.41, 5.74) is 0.362. The van der Waals surface area contributed by atoms with Gasteiger partial charge < -0.3 is 20.2 Å². The van der Waals surface area contributed by atoms with Crippen LogP contribution in [0.1, 0.15) is 17.3 Å². The number of hydrogen-bond acceptors (Lipinski definition) is 3. The third-order valence-corrected chi connectivity index (χ3v) is 4.38. The summed E-state index contributed by atoms with van der Waals surface area (Å²) in [6, 6.07) is 4.80. The Morgan fingerprint density at radius 3 is 2.71 bits per heavy atom. The van der Waals surface area contributed by atoms with Crippen LogP contribution in [0.2, 0.25) is 0 Å². The summed E-state index contributed by atoms with van der Waals surface area (Å²) < 4.78 is 0.554. The molecule has 1 aliphatic heterocycles. The van der Waals surface area contributed by atoms with E-state index in [1.54, 1.807) is 17.0 Å². The van der Waals surface area contributed by atoms with Crippen LogP contribution in [0.3, 0.4) is 0 Å². The van der Waals surface area contributed by atoms with Crippen LogP contribution in [0, 0.1) is 0 Å². The highest BCUT2D eigenvalue weighted by Gasteiger charge is 2.25. The minimum absolute atomic E-state index is 0.0694. The smallest absolute Gasteiger partial charge is 0.337 e. The van der Waals surface area contributed by atoms with Crippen LogP contribution in [-0.4, -0.2) is 59.6 Å². The van der Waals surface area contributed by atoms with E-state index < -0.39 is 5.97 Å². The minimum Gasteiger partial charge on any atom is -0.478 e. The molecule has 0 aliphatic carbocycles. The molecule has 1 aromatic carbocycles. The fraction of sp³-hybridized carbons (Fsp3) is 0.429. The molecule has 6 nitrogen and oxygen atoms in total. The summed E-state index contributed by atoms with van der Waals surface area (Å²) >= 11 is 3.28. The molecule has 0 bridgehead atoms. The average molecular weight is 356 g/mol. The van der Waals surface area contributed by atoms with Gasteiger partial charge in [0, 0.05) is 30.1 Å². The second kappa shape index (κ2) is 6.44. The molecular formula is C14H18BrN3O3. The molecule has 1 aliphatic rings. The Balaban J connectivity index is 2.15. The van der Waals surface area contributed by atoms with Crippen molar-refractivity contribution in [3.8, 4) is 0 Å². The summed E-state index contributed by atoms with van der Waals surface area (Å²) in [4.78, 5) is 27.5. The molecule has 0 aromatic heterocycles. The first-order chi connectivity index (χ1) is 9.90. The van der Waals surface area contributed by atoms with Crippen molar-refractivity contribution in [3.63, 3.8) is 0 Å². The fourth-order valence-corrected chi connectivity index (χ4v) is 2.71. The number of benzene rings is 1. The monoisotopic (exact) mass is 355 g/mol. The van der Waals surface area contributed by atoms with Crippen molar-refractivity contribution in [3.05, 3.63) is 28.2 Å². The first kappa shape index (κ1) is 15.8. The molecule has 2 rings (SSSR count). The number of likely N-dealkylation sites (N-methyl/N-ethyl adjacent to an activating group) is 1. The zero-order valence-corrected chi connectivity index (χ0v) is 13.6. The van der Waals surface area contributed by atoms with Crippen LogP contribution in [-0.2, 0) is 0 Å². The molecule has 0 radical (unpaired) electrons. The zero-order chi connectivity index (χ0) is 15.6. The van der Waals surface area contributed by atoms with Crippen LogP contribution >= 0.6 is 15.9 Å². The van der Waals surface area contributed by atoms with Gasteiger partial charge in [-0.25, -0.2) is 9.59 Å². The number of para-hydroxylation sites is 1. The number of nitrogens with zero attached hydrogens (tertiary/aromatic N) is 2. The summed E-state index contributed by atoms with van der Waals surface area (Å²) in [6.45, 7) is 4.10. The van der Waals surface area contributed by atoms with Gasteiger partial charge in [-0.15, -0.1) is 0 Å². The number of anilines is 1. The Labute approximate surface area is 131 Å². The van der Waals surface area contributed by atoms with E-state index in [0.29, 0.717) is 23.2 Å². The molecule has 1 aromatic rings. The predicted octanol–water partition coefficient (Wildman–Crippen LogP) is 2.32. The molecule has 1 heterocycles. The Morgan fingerprint density at radius 1 is 1.38 bits per heavy atom. The van der Waals surface area contributed by atoms with Crippen LogP contribution in [0.15, 0.2) is 22.7 Å². The van der Waals surface area contributed by atoms with Gasteiger partial charge in [-0.2, -0.15) is 0 Å². The predicted molar refractivity (Wildman–Crippen MR) is 83.8 cm³/mol. The van der Waals surface area contributed by atoms with Gasteiger partial charge in [0.2, 0.25) is 0 Å². The van der Waals surface area contributed by atoms with Gasteiger partial charge in [-0.05, 0) is 42.0 Å². The molecule has 114 valence electrons. The minimum atomic E-state index is -1.07. The van der Waals surface area contributed by atoms with E-state index in [1.165, 1.54) is 6.07 Å². The number of carboxylic acids is 1. The van der Waals surface area contributed by atoms with Crippen LogP contribution in [0.5, 0.6) is 0 Å². The van der Waals surface area contributed by atoms with E-state index in [2.05, 4.69) is 33.1 Å². The van der Waals surface area contributed by atoms with Gasteiger partial charge in [-0.1, -0.05) is 6.07 Å². The third kappa shape index (κ3) is 3.54. The van der Waals surface area contributed by atoms with Crippen molar-refractivity contribution in [2.24, 2.45) is 0 Å². The van der Waals surface area contributed by atoms with Crippen molar-refractivity contribution >= 4 is 33.6 Å². The van der Waals surface area contributed by atoms with Crippen molar-refractivity contribution in [2.45, 2.75) is 13.0 Å². The maximum absolute atomic E-state index is 12.3. The highest BCUT2D eigenvalue weighted by Crippen LogP contribution is 2.27. The highest BCUT2D eigenvalue weighted by molar-refractivity contribution is 9.10. The number of carbonyl (C=O) groups excluding carboxylic acids is 1. The van der Waals surface area contributed by atoms with Gasteiger partial charge in [0.15, 0.2) is 0 Å². The molecule has 21 heavy (non-hydrogen) atoms. The van der Waals surface area contributed by atoms with Crippen molar-refractivity contribution in [2.75, 3.05) is 32.0 Å². The molecule has 1 unspecified atom stereocenters. The van der Waals surface area contributed by atoms with Gasteiger partial charge in [0.25, 0.3) is 0 Å². The number of amides is 2. The lowest BCUT2D eigenvalue weighted by Gasteiger charge is -2.37. The zero-order valence-electron chi connectivity index (χ0n) is 12.0. The average Bonchev–Trinajstić information content (AvgIpc) is 2.43. The van der Waals surface area contributed by atoms with Crippen LogP contribution in [0.25, 0.3) is 0 Å². The van der Waals surface area contributed by atoms with E-state index in [4.69, 9.17) is 0 Å². The first-order valence-electron chi connectivity index (χ1n) is 6.68. The summed E-state index contributed by atoms with van der Waals surface area (Å²) in [5.74, 6) is -1.07. The SMILES string of the molecule is CC1CN(C(=O)Nc2c(Br)cccc2C(=O)O)CCN1C. The molecule has 2 N–H and O–H groups in total. The standard InChI is InChI=1S/C14H18BrN3O3/c1-9-8-18(7-6-17(9)2)14(21)16-12-10(13(19)20)4-3-5-11(12)15/h3-5,9H,6-8H2,1-2H3,(H,16,21)(H,19,20). The topological polar surface area (TPSA) is 72.9 Å². The van der Waals surface area contributed by atoms with E-state index in [9.17, 15) is 14.7 Å². The number of piperazine rings is 1. The summed E-state index contributed by atoms with van der Waals surface area (Å²) in [5, 5.41) is 11.9. The molecule has 0 saturated carbocycles. The van der Waals surface area contributed by atoms with Gasteiger partial charge in [0.05, 0.1) is 11.3 Å². The normalized spacial score (nSPS) is 19.4. The fourth-order valence-electron chi connectivity index (χ4n) is 2.25. The Hall–Kier alpha value is -1.60. The Bertz CT molecular complexity index is 564. The highest BCUT2D eigenvalue weighted by atomic mass is 79.9. The van der Waals surface area contributed by atoms with Crippen LogP contribution < -0.4 is 5.32 Å². The number of halogens is 1. The van der Waals surface area contributed by atoms with Crippen molar-refractivity contribution < 1.29 is 14.7 Å². The second-order valence-electron chi connectivity index (χ2n) is 5.17. The maximum Gasteiger partial charge on any atom is 0.337 e. The number of aromatic carboxylic acids is 1. The van der Waals surface area contributed by atoms with Crippen molar-refractivity contribution in [1.29, 1.82) is 0 Å². The summed E-state index contributed by atoms with van der Waals surface area (Å²) in [7, 11) is 2.02. The molecule has 2 amide bonds. The lowest BCUT2D eigenvalue weighted by Crippen LogP contribution is -2.53. The second-order valence-corrected chi connectivity index (χ2v) is 6.03. The number of carboxylic acid groups (broad SMARTS) is 1. The number of urea groups is 1. The maximum atomic E-state index is 12.3. The lowest BCUT2D eigenvalue weighted by atomic mass is 10.2. The third-order valence-electron chi connectivity index (χ3n) is 3.72. The van der Waals surface area contributed by atoms with Gasteiger partial charge >= 0.3 is 12.0 Å². The van der Waals surface area contributed by atoms with E-state index in [1.807, 2.05) is 7.05 Å². The quantitative estimate of drug-likeness (QED) is 0.853. The van der Waals surface area contributed by atoms with E-state index in [0.717, 1.165) is 6.54 Å². The number of rotatable bonds is 2. The molecule has 1 saturated heterocycles. The largest absolute Gasteiger partial charge is 0.478 e. The Kier molecular flexibility index (Phi) is 4.84.